The van der Waals surface area contributed by atoms with Crippen molar-refractivity contribution < 1.29 is 28.7 Å². The second kappa shape index (κ2) is 41.0. The highest BCUT2D eigenvalue weighted by Gasteiger charge is 2.07. The minimum atomic E-state index is -0.570. The van der Waals surface area contributed by atoms with Crippen molar-refractivity contribution in [3.05, 3.63) is 0 Å². The molecule has 0 aliphatic rings. The molecule has 0 radical (unpaired) electrons. The van der Waals surface area contributed by atoms with E-state index in [0.717, 1.165) is 116 Å². The zero-order valence-corrected chi connectivity index (χ0v) is 33.5. The number of nitrogens with zero attached hydrogens (tertiary/aromatic N) is 2. The molecule has 1 atom stereocenters. The lowest BCUT2D eigenvalue weighted by Gasteiger charge is -2.09. The molecular weight excluding hydrogens is 712 g/mol. The first-order valence-electron chi connectivity index (χ1n) is 19.8. The Bertz CT molecular complexity index is 1010. The monoisotopic (exact) mass is 789 g/mol. The quantitative estimate of drug-likeness (QED) is 0.0215. The third-order valence-electron chi connectivity index (χ3n) is 7.51. The van der Waals surface area contributed by atoms with Crippen molar-refractivity contribution in [3.8, 4) is 0 Å². The second-order valence-electron chi connectivity index (χ2n) is 13.0. The van der Waals surface area contributed by atoms with Crippen LogP contribution in [0, 0.1) is 0 Å². The van der Waals surface area contributed by atoms with E-state index in [9.17, 15) is 19.2 Å². The minimum absolute atomic E-state index is 0.112. The van der Waals surface area contributed by atoms with Crippen molar-refractivity contribution in [1.29, 1.82) is 0 Å². The molecular formula is C35H76N14O6. The molecule has 0 spiro atoms. The number of amides is 4. The molecule has 0 aliphatic carbocycles. The number of nitrogens with two attached hydrogens (primary N) is 6. The zero-order valence-electron chi connectivity index (χ0n) is 33.5. The number of aliphatic imine (C=N–C) groups is 2. The zero-order chi connectivity index (χ0) is 41.2. The summed E-state index contributed by atoms with van der Waals surface area (Å²) in [6.07, 6.45) is 11.9. The number of hydrogen-bond acceptors (Lipinski definition) is 12. The summed E-state index contributed by atoms with van der Waals surface area (Å²) in [5, 5.41) is 17.3. The largest absolute Gasteiger partial charge is 0.439 e. The lowest BCUT2D eigenvalue weighted by Crippen LogP contribution is -2.33. The van der Waals surface area contributed by atoms with Gasteiger partial charge in [0.25, 0.3) is 11.8 Å². The summed E-state index contributed by atoms with van der Waals surface area (Å²) in [7, 11) is 0. The van der Waals surface area contributed by atoms with Crippen molar-refractivity contribution in [2.75, 3.05) is 85.2 Å². The molecule has 0 heterocycles. The average Bonchev–Trinajstić information content (AvgIpc) is 3.14. The number of carbonyl (C=O) groups is 4. The number of unbranched alkanes of at least 4 members (excludes halogenated alkanes) is 8. The van der Waals surface area contributed by atoms with E-state index in [1.165, 1.54) is 0 Å². The number of rotatable bonds is 34. The van der Waals surface area contributed by atoms with E-state index in [2.05, 4.69) is 41.9 Å². The SMILES string of the molecule is C[C@@H](N)CCNCCCCNC(=O)OCC(=O)NCCCCCCN=C(N)N.NCCCNCCCCNC(=O)OCC(=O)NCCCCCCN=C(N)N. The van der Waals surface area contributed by atoms with Crippen molar-refractivity contribution in [2.45, 2.75) is 103 Å². The maximum atomic E-state index is 11.6. The maximum absolute atomic E-state index is 11.6. The highest BCUT2D eigenvalue weighted by Crippen LogP contribution is 2.00. The molecule has 0 bridgehead atoms. The molecule has 0 aromatic heterocycles. The molecule has 0 aromatic rings. The summed E-state index contributed by atoms with van der Waals surface area (Å²) in [6.45, 7) is 9.16. The van der Waals surface area contributed by atoms with Gasteiger partial charge in [0, 0.05) is 45.3 Å². The molecule has 0 rings (SSSR count). The van der Waals surface area contributed by atoms with Gasteiger partial charge in [0.15, 0.2) is 25.1 Å². The predicted octanol–water partition coefficient (Wildman–Crippen LogP) is -0.849. The van der Waals surface area contributed by atoms with Gasteiger partial charge in [0.1, 0.15) is 0 Å². The number of alkyl carbamates (subject to hydrolysis) is 2. The smallest absolute Gasteiger partial charge is 0.407 e. The highest BCUT2D eigenvalue weighted by atomic mass is 16.6. The standard InChI is InChI=1S/C18H39N7O3.C17H37N7O3/c1-15(19)8-13-22-9-6-7-12-25-18(27)28-14-16(26)23-10-4-2-3-5-11-24-17(20)21;18-8-7-10-21-9-5-6-13-24-17(26)27-14-15(25)22-11-3-1-2-4-12-23-16(19)20/h15,22H,2-14,19H2,1H3,(H,23,26)(H,25,27)(H4,20,21,24);21H,1-14,18H2,(H,22,25)(H,24,26)(H4,19,20,23)/t15-;/m1./s1. The van der Waals surface area contributed by atoms with Crippen LogP contribution in [-0.4, -0.2) is 127 Å². The number of hydrogen-bond donors (Lipinski definition) is 12. The van der Waals surface area contributed by atoms with Crippen LogP contribution in [0.4, 0.5) is 9.59 Å². The van der Waals surface area contributed by atoms with Crippen molar-refractivity contribution in [3.63, 3.8) is 0 Å². The van der Waals surface area contributed by atoms with Gasteiger partial charge in [-0.1, -0.05) is 25.7 Å². The minimum Gasteiger partial charge on any atom is -0.439 e. The first-order valence-corrected chi connectivity index (χ1v) is 19.8. The van der Waals surface area contributed by atoms with Gasteiger partial charge in [-0.15, -0.1) is 0 Å². The summed E-state index contributed by atoms with van der Waals surface area (Å²) < 4.78 is 9.74. The van der Waals surface area contributed by atoms with Crippen molar-refractivity contribution >= 4 is 35.9 Å². The average molecular weight is 789 g/mol. The molecule has 4 amide bonds. The summed E-state index contributed by atoms with van der Waals surface area (Å²) in [5.41, 5.74) is 32.0. The van der Waals surface area contributed by atoms with Crippen LogP contribution in [0.3, 0.4) is 0 Å². The Kier molecular flexibility index (Phi) is 39.5. The Morgan fingerprint density at radius 2 is 0.873 bits per heavy atom. The van der Waals surface area contributed by atoms with Gasteiger partial charge in [0.2, 0.25) is 0 Å². The third-order valence-corrected chi connectivity index (χ3v) is 7.51. The van der Waals surface area contributed by atoms with Crippen LogP contribution in [0.1, 0.15) is 96.8 Å². The maximum Gasteiger partial charge on any atom is 0.407 e. The van der Waals surface area contributed by atoms with E-state index < -0.39 is 12.2 Å². The Hall–Kier alpha value is -4.14. The molecule has 0 saturated carbocycles. The molecule has 0 aliphatic heterocycles. The van der Waals surface area contributed by atoms with E-state index in [-0.39, 0.29) is 43.0 Å². The number of ether oxygens (including phenoxy) is 2. The summed E-state index contributed by atoms with van der Waals surface area (Å²) in [5.74, 6) is -0.369. The molecule has 0 fully saturated rings. The highest BCUT2D eigenvalue weighted by molar-refractivity contribution is 5.80. The van der Waals surface area contributed by atoms with Crippen LogP contribution in [-0.2, 0) is 19.1 Å². The van der Waals surface area contributed by atoms with Gasteiger partial charge < -0.3 is 75.8 Å². The van der Waals surface area contributed by atoms with Crippen LogP contribution in [0.2, 0.25) is 0 Å². The molecule has 322 valence electrons. The molecule has 18 N–H and O–H groups in total. The Morgan fingerprint density at radius 1 is 0.509 bits per heavy atom. The van der Waals surface area contributed by atoms with Crippen LogP contribution in [0.25, 0.3) is 0 Å². The van der Waals surface area contributed by atoms with Gasteiger partial charge in [-0.25, -0.2) is 9.59 Å². The third kappa shape index (κ3) is 47.8. The molecule has 20 heteroatoms. The van der Waals surface area contributed by atoms with Gasteiger partial charge in [-0.05, 0) is 104 Å². The van der Waals surface area contributed by atoms with E-state index >= 15 is 0 Å². The van der Waals surface area contributed by atoms with Crippen LogP contribution >= 0.6 is 0 Å². The van der Waals surface area contributed by atoms with Gasteiger partial charge in [0.05, 0.1) is 0 Å². The first-order chi connectivity index (χ1) is 26.5. The summed E-state index contributed by atoms with van der Waals surface area (Å²) >= 11 is 0. The Morgan fingerprint density at radius 3 is 1.29 bits per heavy atom. The van der Waals surface area contributed by atoms with E-state index in [4.69, 9.17) is 43.9 Å². The number of carbonyl (C=O) groups excluding carboxylic acids is 4. The van der Waals surface area contributed by atoms with Crippen LogP contribution in [0.15, 0.2) is 9.98 Å². The lowest BCUT2D eigenvalue weighted by molar-refractivity contribution is -0.124. The van der Waals surface area contributed by atoms with E-state index in [1.807, 2.05) is 6.92 Å². The molecule has 20 nitrogen and oxygen atoms in total. The Balaban J connectivity index is 0. The first kappa shape index (κ1) is 53.0. The van der Waals surface area contributed by atoms with Crippen molar-refractivity contribution in [2.24, 2.45) is 44.4 Å². The molecule has 0 aromatic carbocycles. The van der Waals surface area contributed by atoms with E-state index in [1.54, 1.807) is 0 Å². The topological polar surface area (TPSA) is 340 Å². The van der Waals surface area contributed by atoms with E-state index in [0.29, 0.717) is 45.8 Å². The fraction of sp³-hybridized carbons (Fsp3) is 0.829. The van der Waals surface area contributed by atoms with Crippen LogP contribution in [0.5, 0.6) is 0 Å². The lowest BCUT2D eigenvalue weighted by atomic mass is 10.2. The normalized spacial score (nSPS) is 10.9. The predicted molar refractivity (Wildman–Crippen MR) is 219 cm³/mol. The molecule has 55 heavy (non-hydrogen) atoms. The van der Waals surface area contributed by atoms with Crippen LogP contribution < -0.4 is 66.3 Å². The summed E-state index contributed by atoms with van der Waals surface area (Å²) in [6, 6.07) is 0.211. The number of guanidine groups is 2. The molecule has 0 unspecified atom stereocenters. The Labute approximate surface area is 328 Å². The van der Waals surface area contributed by atoms with Crippen molar-refractivity contribution in [1.82, 2.24) is 31.9 Å². The van der Waals surface area contributed by atoms with Gasteiger partial charge >= 0.3 is 12.2 Å². The second-order valence-corrected chi connectivity index (χ2v) is 13.0. The fourth-order valence-electron chi connectivity index (χ4n) is 4.46. The van der Waals surface area contributed by atoms with Gasteiger partial charge in [-0.2, -0.15) is 0 Å². The fourth-order valence-corrected chi connectivity index (χ4v) is 4.46. The molecule has 0 saturated heterocycles. The summed E-state index contributed by atoms with van der Waals surface area (Å²) in [4.78, 5) is 54.0. The number of nitrogens with one attached hydrogen (secondary N) is 6. The van der Waals surface area contributed by atoms with Gasteiger partial charge in [-0.3, -0.25) is 19.6 Å².